The van der Waals surface area contributed by atoms with Crippen LogP contribution in [0.2, 0.25) is 0 Å². The number of aryl methyl sites for hydroxylation is 1. The first kappa shape index (κ1) is 14.4. The average Bonchev–Trinajstić information content (AvgIpc) is 2.47. The Labute approximate surface area is 118 Å². The maximum Gasteiger partial charge on any atom is 0.157 e. The van der Waals surface area contributed by atoms with Crippen LogP contribution in [0.3, 0.4) is 0 Å². The van der Waals surface area contributed by atoms with Crippen LogP contribution in [0.15, 0.2) is 24.3 Å². The maximum atomic E-state index is 13.3. The van der Waals surface area contributed by atoms with E-state index in [9.17, 15) is 4.39 Å². The van der Waals surface area contributed by atoms with Gasteiger partial charge in [0.15, 0.2) is 5.82 Å². The van der Waals surface area contributed by atoms with Crippen LogP contribution in [0.4, 0.5) is 10.2 Å². The minimum Gasteiger partial charge on any atom is -0.374 e. The fraction of sp³-hybridized carbons (Fsp3) is 0.333. The van der Waals surface area contributed by atoms with Gasteiger partial charge in [0.1, 0.15) is 18.2 Å². The van der Waals surface area contributed by atoms with Crippen LogP contribution >= 0.6 is 0 Å². The van der Waals surface area contributed by atoms with Gasteiger partial charge in [-0.2, -0.15) is 0 Å². The van der Waals surface area contributed by atoms with E-state index in [1.807, 2.05) is 13.0 Å². The first-order valence-electron chi connectivity index (χ1n) is 6.54. The number of hydrogen-bond donors (Lipinski definition) is 1. The quantitative estimate of drug-likeness (QED) is 0.910. The van der Waals surface area contributed by atoms with Gasteiger partial charge in [-0.05, 0) is 37.6 Å². The van der Waals surface area contributed by atoms with Crippen LogP contribution in [0.25, 0.3) is 11.3 Å². The zero-order valence-electron chi connectivity index (χ0n) is 11.9. The van der Waals surface area contributed by atoms with Gasteiger partial charge in [-0.15, -0.1) is 0 Å². The van der Waals surface area contributed by atoms with Crippen molar-refractivity contribution >= 4 is 5.82 Å². The fourth-order valence-electron chi connectivity index (χ4n) is 1.84. The maximum absolute atomic E-state index is 13.3. The summed E-state index contributed by atoms with van der Waals surface area (Å²) < 4.78 is 18.7. The van der Waals surface area contributed by atoms with Gasteiger partial charge in [0.25, 0.3) is 0 Å². The molecule has 0 spiro atoms. The molecule has 0 saturated heterocycles. The summed E-state index contributed by atoms with van der Waals surface area (Å²) in [5.74, 6) is 1.11. The van der Waals surface area contributed by atoms with Crippen LogP contribution < -0.4 is 5.32 Å². The molecule has 4 nitrogen and oxygen atoms in total. The second-order valence-electron chi connectivity index (χ2n) is 4.41. The highest BCUT2D eigenvalue weighted by molar-refractivity contribution is 5.63. The van der Waals surface area contributed by atoms with Crippen LogP contribution in [0.5, 0.6) is 0 Å². The molecule has 1 aromatic heterocycles. The Morgan fingerprint density at radius 3 is 2.70 bits per heavy atom. The molecule has 2 rings (SSSR count). The van der Waals surface area contributed by atoms with Crippen molar-refractivity contribution < 1.29 is 9.13 Å². The summed E-state index contributed by atoms with van der Waals surface area (Å²) in [6.45, 7) is 4.63. The van der Waals surface area contributed by atoms with Crippen molar-refractivity contribution in [2.24, 2.45) is 0 Å². The highest BCUT2D eigenvalue weighted by atomic mass is 19.1. The first-order valence-corrected chi connectivity index (χ1v) is 6.54. The molecule has 2 aromatic rings. The molecule has 0 unspecified atom stereocenters. The summed E-state index contributed by atoms with van der Waals surface area (Å²) in [6, 6.07) is 6.78. The van der Waals surface area contributed by atoms with Crippen LogP contribution in [-0.2, 0) is 11.3 Å². The number of aromatic nitrogens is 2. The Kier molecular flexibility index (Phi) is 4.63. The number of anilines is 1. The molecule has 1 N–H and O–H groups in total. The molecule has 0 aliphatic rings. The monoisotopic (exact) mass is 275 g/mol. The predicted octanol–water partition coefficient (Wildman–Crippen LogP) is 3.17. The number of benzene rings is 1. The lowest BCUT2D eigenvalue weighted by molar-refractivity contribution is 0.128. The molecule has 1 heterocycles. The lowest BCUT2D eigenvalue weighted by atomic mass is 10.1. The topological polar surface area (TPSA) is 47.0 Å². The number of ether oxygens (including phenoxy) is 1. The van der Waals surface area contributed by atoms with Crippen molar-refractivity contribution in [1.29, 1.82) is 0 Å². The van der Waals surface area contributed by atoms with Gasteiger partial charge in [-0.25, -0.2) is 14.4 Å². The molecule has 0 atom stereocenters. The van der Waals surface area contributed by atoms with Gasteiger partial charge in [0.05, 0.1) is 5.69 Å². The smallest absolute Gasteiger partial charge is 0.157 e. The minimum atomic E-state index is -0.216. The molecule has 0 aliphatic carbocycles. The van der Waals surface area contributed by atoms with Gasteiger partial charge in [0, 0.05) is 25.3 Å². The van der Waals surface area contributed by atoms with Crippen molar-refractivity contribution in [3.63, 3.8) is 0 Å². The molecular weight excluding hydrogens is 257 g/mol. The summed E-state index contributed by atoms with van der Waals surface area (Å²) >= 11 is 0. The zero-order valence-corrected chi connectivity index (χ0v) is 11.9. The van der Waals surface area contributed by atoms with Gasteiger partial charge < -0.3 is 10.1 Å². The normalized spacial score (nSPS) is 10.6. The van der Waals surface area contributed by atoms with E-state index in [4.69, 9.17) is 4.74 Å². The highest BCUT2D eigenvalue weighted by Gasteiger charge is 2.08. The zero-order chi connectivity index (χ0) is 14.5. The van der Waals surface area contributed by atoms with E-state index >= 15 is 0 Å². The van der Waals surface area contributed by atoms with Crippen LogP contribution in [-0.4, -0.2) is 23.6 Å². The van der Waals surface area contributed by atoms with Gasteiger partial charge in [-0.1, -0.05) is 0 Å². The summed E-state index contributed by atoms with van der Waals surface area (Å²) in [7, 11) is 1.80. The number of rotatable bonds is 5. The van der Waals surface area contributed by atoms with Gasteiger partial charge in [0.2, 0.25) is 0 Å². The summed E-state index contributed by atoms with van der Waals surface area (Å²) in [5, 5.41) is 3.00. The first-order chi connectivity index (χ1) is 9.63. The molecule has 0 radical (unpaired) electrons. The summed E-state index contributed by atoms with van der Waals surface area (Å²) in [6.07, 6.45) is 0. The molecular formula is C15H18FN3O. The van der Waals surface area contributed by atoms with Crippen LogP contribution in [0, 0.1) is 12.7 Å². The van der Waals surface area contributed by atoms with Gasteiger partial charge in [-0.3, -0.25) is 0 Å². The van der Waals surface area contributed by atoms with Gasteiger partial charge >= 0.3 is 0 Å². The van der Waals surface area contributed by atoms with Crippen molar-refractivity contribution in [2.45, 2.75) is 20.5 Å². The van der Waals surface area contributed by atoms with E-state index in [0.29, 0.717) is 30.4 Å². The Balaban J connectivity index is 2.41. The summed E-state index contributed by atoms with van der Waals surface area (Å²) in [5.41, 5.74) is 2.21. The molecule has 5 heteroatoms. The molecule has 0 aliphatic heterocycles. The molecule has 0 fully saturated rings. The van der Waals surface area contributed by atoms with E-state index in [-0.39, 0.29) is 5.82 Å². The SMILES string of the molecule is CCOCc1nc(NC)cc(-c2ccc(F)c(C)c2)n1. The number of nitrogens with one attached hydrogen (secondary N) is 1. The molecule has 0 saturated carbocycles. The largest absolute Gasteiger partial charge is 0.374 e. The number of hydrogen-bond acceptors (Lipinski definition) is 4. The van der Waals surface area contributed by atoms with E-state index in [0.717, 1.165) is 11.3 Å². The number of nitrogens with zero attached hydrogens (tertiary/aromatic N) is 2. The third kappa shape index (κ3) is 3.30. The van der Waals surface area contributed by atoms with Crippen molar-refractivity contribution in [1.82, 2.24) is 9.97 Å². The molecule has 20 heavy (non-hydrogen) atoms. The predicted molar refractivity (Wildman–Crippen MR) is 77.0 cm³/mol. The second-order valence-corrected chi connectivity index (χ2v) is 4.41. The molecule has 106 valence electrons. The highest BCUT2D eigenvalue weighted by Crippen LogP contribution is 2.22. The van der Waals surface area contributed by atoms with Crippen molar-refractivity contribution in [3.8, 4) is 11.3 Å². The standard InChI is InChI=1S/C15H18FN3O/c1-4-20-9-15-18-13(8-14(17-3)19-15)11-5-6-12(16)10(2)7-11/h5-8H,4,9H2,1-3H3,(H,17,18,19). The second kappa shape index (κ2) is 6.43. The molecule has 1 aromatic carbocycles. The average molecular weight is 275 g/mol. The Morgan fingerprint density at radius 1 is 1.25 bits per heavy atom. The third-order valence-electron chi connectivity index (χ3n) is 2.92. The van der Waals surface area contributed by atoms with E-state index < -0.39 is 0 Å². The fourth-order valence-corrected chi connectivity index (χ4v) is 1.84. The molecule has 0 bridgehead atoms. The number of halogens is 1. The Bertz CT molecular complexity index is 602. The lowest BCUT2D eigenvalue weighted by Crippen LogP contribution is -2.04. The van der Waals surface area contributed by atoms with Crippen molar-refractivity contribution in [2.75, 3.05) is 19.0 Å². The van der Waals surface area contributed by atoms with Crippen molar-refractivity contribution in [3.05, 3.63) is 41.5 Å². The minimum absolute atomic E-state index is 0.216. The van der Waals surface area contributed by atoms with E-state index in [2.05, 4.69) is 15.3 Å². The van der Waals surface area contributed by atoms with E-state index in [1.54, 1.807) is 26.1 Å². The lowest BCUT2D eigenvalue weighted by Gasteiger charge is -2.09. The van der Waals surface area contributed by atoms with Crippen LogP contribution in [0.1, 0.15) is 18.3 Å². The Hall–Kier alpha value is -2.01. The molecule has 0 amide bonds. The Morgan fingerprint density at radius 2 is 2.05 bits per heavy atom. The third-order valence-corrected chi connectivity index (χ3v) is 2.92. The van der Waals surface area contributed by atoms with E-state index in [1.165, 1.54) is 6.07 Å². The summed E-state index contributed by atoms with van der Waals surface area (Å²) in [4.78, 5) is 8.79.